The quantitative estimate of drug-likeness (QED) is 0.461. The van der Waals surface area contributed by atoms with Gasteiger partial charge in [0.05, 0.1) is 12.4 Å². The average molecular weight is 381 g/mol. The van der Waals surface area contributed by atoms with Gasteiger partial charge >= 0.3 is 0 Å². The first-order valence-electron chi connectivity index (χ1n) is 8.43. The first-order valence-corrected chi connectivity index (χ1v) is 9.42. The van der Waals surface area contributed by atoms with Gasteiger partial charge in [-0.25, -0.2) is 9.97 Å². The molecule has 0 saturated carbocycles. The van der Waals surface area contributed by atoms with Crippen LogP contribution in [0.3, 0.4) is 0 Å². The summed E-state index contributed by atoms with van der Waals surface area (Å²) in [6.07, 6.45) is 3.30. The van der Waals surface area contributed by atoms with E-state index in [-0.39, 0.29) is 11.7 Å². The molecule has 1 aromatic heterocycles. The number of rotatable bonds is 8. The Morgan fingerprint density at radius 1 is 0.963 bits per heavy atom. The standard InChI is InChI=1S/C20H19N3O3S/c1-2-25-16-8-10-18(11-9-16)26-17-6-4-15(5-7-17)23-19(24)14-27-20-21-12-3-13-22-20/h3-13H,2,14H2,1H3,(H,23,24). The van der Waals surface area contributed by atoms with Crippen molar-refractivity contribution in [2.45, 2.75) is 12.1 Å². The molecule has 7 heteroatoms. The molecule has 1 heterocycles. The van der Waals surface area contributed by atoms with Crippen molar-refractivity contribution in [3.63, 3.8) is 0 Å². The minimum absolute atomic E-state index is 0.118. The fraction of sp³-hybridized carbons (Fsp3) is 0.150. The highest BCUT2D eigenvalue weighted by Gasteiger charge is 2.06. The van der Waals surface area contributed by atoms with Crippen molar-refractivity contribution >= 4 is 23.4 Å². The van der Waals surface area contributed by atoms with Crippen LogP contribution in [0.2, 0.25) is 0 Å². The molecule has 3 aromatic rings. The zero-order chi connectivity index (χ0) is 18.9. The normalized spacial score (nSPS) is 10.3. The Morgan fingerprint density at radius 2 is 1.56 bits per heavy atom. The molecular weight excluding hydrogens is 362 g/mol. The number of hydrogen-bond donors (Lipinski definition) is 1. The number of carbonyl (C=O) groups excluding carboxylic acids is 1. The Bertz CT molecular complexity index is 856. The molecule has 0 spiro atoms. The fourth-order valence-corrected chi connectivity index (χ4v) is 2.80. The zero-order valence-electron chi connectivity index (χ0n) is 14.8. The molecule has 0 aliphatic heterocycles. The number of thioether (sulfide) groups is 1. The monoisotopic (exact) mass is 381 g/mol. The third-order valence-corrected chi connectivity index (χ3v) is 4.26. The van der Waals surface area contributed by atoms with E-state index < -0.39 is 0 Å². The largest absolute Gasteiger partial charge is 0.494 e. The molecule has 0 bridgehead atoms. The summed E-state index contributed by atoms with van der Waals surface area (Å²) in [5.74, 6) is 2.34. The van der Waals surface area contributed by atoms with Crippen LogP contribution in [-0.4, -0.2) is 28.2 Å². The molecule has 6 nitrogen and oxygen atoms in total. The number of nitrogens with zero attached hydrogens (tertiary/aromatic N) is 2. The van der Waals surface area contributed by atoms with Gasteiger partial charge in [0.2, 0.25) is 5.91 Å². The summed E-state index contributed by atoms with van der Waals surface area (Å²) in [7, 11) is 0. The van der Waals surface area contributed by atoms with Crippen LogP contribution in [0.5, 0.6) is 17.2 Å². The second kappa shape index (κ2) is 9.59. The minimum Gasteiger partial charge on any atom is -0.494 e. The molecule has 1 amide bonds. The van der Waals surface area contributed by atoms with Gasteiger partial charge in [0.1, 0.15) is 17.2 Å². The van der Waals surface area contributed by atoms with Gasteiger partial charge in [-0.15, -0.1) is 0 Å². The third-order valence-electron chi connectivity index (χ3n) is 3.38. The Kier molecular flexibility index (Phi) is 6.65. The van der Waals surface area contributed by atoms with E-state index in [0.29, 0.717) is 23.2 Å². The van der Waals surface area contributed by atoms with Gasteiger partial charge in [-0.05, 0) is 61.5 Å². The lowest BCUT2D eigenvalue weighted by atomic mass is 10.3. The van der Waals surface area contributed by atoms with E-state index in [1.54, 1.807) is 42.7 Å². The molecule has 0 saturated heterocycles. The lowest BCUT2D eigenvalue weighted by Crippen LogP contribution is -2.14. The van der Waals surface area contributed by atoms with Gasteiger partial charge in [0, 0.05) is 18.1 Å². The number of carbonyl (C=O) groups is 1. The third kappa shape index (κ3) is 6.00. The van der Waals surface area contributed by atoms with Crippen molar-refractivity contribution in [2.24, 2.45) is 0 Å². The lowest BCUT2D eigenvalue weighted by molar-refractivity contribution is -0.113. The predicted octanol–water partition coefficient (Wildman–Crippen LogP) is 4.40. The molecule has 0 aliphatic rings. The molecule has 0 radical (unpaired) electrons. The summed E-state index contributed by atoms with van der Waals surface area (Å²) in [5.41, 5.74) is 0.702. The Hall–Kier alpha value is -3.06. The van der Waals surface area contributed by atoms with E-state index in [1.807, 2.05) is 31.2 Å². The van der Waals surface area contributed by atoms with Crippen LogP contribution >= 0.6 is 11.8 Å². The Morgan fingerprint density at radius 3 is 2.19 bits per heavy atom. The molecule has 0 fully saturated rings. The summed E-state index contributed by atoms with van der Waals surface area (Å²) >= 11 is 1.29. The summed E-state index contributed by atoms with van der Waals surface area (Å²) in [4.78, 5) is 20.2. The molecule has 0 atom stereocenters. The maximum atomic E-state index is 12.0. The lowest BCUT2D eigenvalue weighted by Gasteiger charge is -2.09. The van der Waals surface area contributed by atoms with E-state index in [0.717, 1.165) is 11.5 Å². The molecule has 0 unspecified atom stereocenters. The number of ether oxygens (including phenoxy) is 2. The summed E-state index contributed by atoms with van der Waals surface area (Å²) in [5, 5.41) is 3.41. The van der Waals surface area contributed by atoms with Crippen molar-refractivity contribution in [3.8, 4) is 17.2 Å². The number of aromatic nitrogens is 2. The van der Waals surface area contributed by atoms with Gasteiger partial charge in [0.25, 0.3) is 0 Å². The number of nitrogens with one attached hydrogen (secondary N) is 1. The zero-order valence-corrected chi connectivity index (χ0v) is 15.6. The van der Waals surface area contributed by atoms with Gasteiger partial charge in [-0.3, -0.25) is 4.79 Å². The minimum atomic E-state index is -0.118. The van der Waals surface area contributed by atoms with E-state index in [9.17, 15) is 4.79 Å². The van der Waals surface area contributed by atoms with Crippen LogP contribution in [0.4, 0.5) is 5.69 Å². The Labute approximate surface area is 162 Å². The van der Waals surface area contributed by atoms with Crippen LogP contribution in [0.1, 0.15) is 6.92 Å². The van der Waals surface area contributed by atoms with Gasteiger partial charge in [0.15, 0.2) is 5.16 Å². The Balaban J connectivity index is 1.50. The summed E-state index contributed by atoms with van der Waals surface area (Å²) in [6.45, 7) is 2.57. The van der Waals surface area contributed by atoms with Crippen molar-refractivity contribution in [3.05, 3.63) is 67.0 Å². The van der Waals surface area contributed by atoms with Gasteiger partial charge in [-0.2, -0.15) is 0 Å². The smallest absolute Gasteiger partial charge is 0.234 e. The number of benzene rings is 2. The summed E-state index contributed by atoms with van der Waals surface area (Å²) in [6, 6.07) is 16.4. The van der Waals surface area contributed by atoms with Crippen molar-refractivity contribution < 1.29 is 14.3 Å². The number of amides is 1. The number of anilines is 1. The molecule has 138 valence electrons. The van der Waals surface area contributed by atoms with Crippen molar-refractivity contribution in [1.29, 1.82) is 0 Å². The van der Waals surface area contributed by atoms with Crippen molar-refractivity contribution in [2.75, 3.05) is 17.7 Å². The molecule has 3 rings (SSSR count). The van der Waals surface area contributed by atoms with Crippen LogP contribution < -0.4 is 14.8 Å². The van der Waals surface area contributed by atoms with Crippen LogP contribution in [0.15, 0.2) is 72.1 Å². The average Bonchev–Trinajstić information content (AvgIpc) is 2.70. The van der Waals surface area contributed by atoms with E-state index in [1.165, 1.54) is 11.8 Å². The number of hydrogen-bond acceptors (Lipinski definition) is 6. The van der Waals surface area contributed by atoms with Crippen LogP contribution in [-0.2, 0) is 4.79 Å². The highest BCUT2D eigenvalue weighted by molar-refractivity contribution is 7.99. The van der Waals surface area contributed by atoms with Crippen LogP contribution in [0, 0.1) is 0 Å². The van der Waals surface area contributed by atoms with Crippen molar-refractivity contribution in [1.82, 2.24) is 9.97 Å². The molecular formula is C20H19N3O3S. The first-order chi connectivity index (χ1) is 13.2. The SMILES string of the molecule is CCOc1ccc(Oc2ccc(NC(=O)CSc3ncccn3)cc2)cc1. The molecule has 1 N–H and O–H groups in total. The first kappa shape index (κ1) is 18.7. The van der Waals surface area contributed by atoms with E-state index >= 15 is 0 Å². The highest BCUT2D eigenvalue weighted by atomic mass is 32.2. The molecule has 2 aromatic carbocycles. The second-order valence-corrected chi connectivity index (χ2v) is 6.34. The predicted molar refractivity (Wildman–Crippen MR) is 106 cm³/mol. The molecule has 0 aliphatic carbocycles. The van der Waals surface area contributed by atoms with Gasteiger partial charge < -0.3 is 14.8 Å². The topological polar surface area (TPSA) is 73.3 Å². The van der Waals surface area contributed by atoms with E-state index in [4.69, 9.17) is 9.47 Å². The second-order valence-electron chi connectivity index (χ2n) is 5.40. The fourth-order valence-electron chi connectivity index (χ4n) is 2.20. The van der Waals surface area contributed by atoms with Crippen LogP contribution in [0.25, 0.3) is 0 Å². The highest BCUT2D eigenvalue weighted by Crippen LogP contribution is 2.25. The maximum absolute atomic E-state index is 12.0. The summed E-state index contributed by atoms with van der Waals surface area (Å²) < 4.78 is 11.2. The van der Waals surface area contributed by atoms with Gasteiger partial charge in [-0.1, -0.05) is 11.8 Å². The van der Waals surface area contributed by atoms with E-state index in [2.05, 4.69) is 15.3 Å². The molecule has 27 heavy (non-hydrogen) atoms. The maximum Gasteiger partial charge on any atom is 0.234 e.